The van der Waals surface area contributed by atoms with Gasteiger partial charge in [0.05, 0.1) is 13.2 Å². The molecule has 3 heteroatoms. The number of hydrogen-bond acceptors (Lipinski definition) is 3. The van der Waals surface area contributed by atoms with Crippen molar-refractivity contribution in [1.29, 1.82) is 0 Å². The fraction of sp³-hybridized carbons (Fsp3) is 0.214. The minimum atomic E-state index is -0.168. The van der Waals surface area contributed by atoms with Gasteiger partial charge in [-0.25, -0.2) is 0 Å². The molecular formula is C14H16N2O. The quantitative estimate of drug-likeness (QED) is 0.877. The second-order valence-corrected chi connectivity index (χ2v) is 3.93. The first-order chi connectivity index (χ1) is 8.22. The molecular weight excluding hydrogens is 212 g/mol. The van der Waals surface area contributed by atoms with Crippen LogP contribution in [-0.2, 0) is 0 Å². The molecule has 0 aliphatic heterocycles. The minimum Gasteiger partial charge on any atom is -0.497 e. The van der Waals surface area contributed by atoms with Crippen LogP contribution in [0.1, 0.15) is 22.9 Å². The van der Waals surface area contributed by atoms with Gasteiger partial charge in [0.15, 0.2) is 0 Å². The average Bonchev–Trinajstić information content (AvgIpc) is 2.38. The number of ether oxygens (including phenoxy) is 1. The molecule has 0 fully saturated rings. The first kappa shape index (κ1) is 11.6. The number of rotatable bonds is 3. The second kappa shape index (κ2) is 4.97. The van der Waals surface area contributed by atoms with Gasteiger partial charge in [-0.15, -0.1) is 0 Å². The largest absolute Gasteiger partial charge is 0.497 e. The van der Waals surface area contributed by atoms with Crippen LogP contribution in [0.2, 0.25) is 0 Å². The summed E-state index contributed by atoms with van der Waals surface area (Å²) in [5.74, 6) is 0.819. The Labute approximate surface area is 101 Å². The molecule has 0 amide bonds. The highest BCUT2D eigenvalue weighted by molar-refractivity contribution is 5.37. The van der Waals surface area contributed by atoms with Crippen LogP contribution in [0.15, 0.2) is 42.6 Å². The third-order valence-electron chi connectivity index (χ3n) is 2.84. The zero-order chi connectivity index (χ0) is 12.3. The normalized spacial score (nSPS) is 12.2. The minimum absolute atomic E-state index is 0.168. The molecule has 0 bridgehead atoms. The van der Waals surface area contributed by atoms with Crippen LogP contribution in [0.3, 0.4) is 0 Å². The van der Waals surface area contributed by atoms with E-state index in [1.807, 2.05) is 43.3 Å². The van der Waals surface area contributed by atoms with Gasteiger partial charge in [0.2, 0.25) is 0 Å². The molecule has 2 rings (SSSR count). The maximum absolute atomic E-state index is 6.25. The summed E-state index contributed by atoms with van der Waals surface area (Å²) in [5.41, 5.74) is 9.28. The highest BCUT2D eigenvalue weighted by Gasteiger charge is 2.12. The van der Waals surface area contributed by atoms with Crippen molar-refractivity contribution >= 4 is 0 Å². The van der Waals surface area contributed by atoms with E-state index in [0.717, 1.165) is 22.6 Å². The number of aryl methyl sites for hydroxylation is 1. The van der Waals surface area contributed by atoms with Crippen molar-refractivity contribution in [3.05, 3.63) is 59.4 Å². The van der Waals surface area contributed by atoms with E-state index in [1.54, 1.807) is 13.3 Å². The Morgan fingerprint density at radius 1 is 1.24 bits per heavy atom. The smallest absolute Gasteiger partial charge is 0.119 e. The van der Waals surface area contributed by atoms with Gasteiger partial charge in [-0.3, -0.25) is 4.98 Å². The third kappa shape index (κ3) is 2.45. The van der Waals surface area contributed by atoms with Gasteiger partial charge in [-0.1, -0.05) is 18.2 Å². The average molecular weight is 228 g/mol. The Kier molecular flexibility index (Phi) is 3.40. The van der Waals surface area contributed by atoms with Gasteiger partial charge in [-0.2, -0.15) is 0 Å². The van der Waals surface area contributed by atoms with Crippen molar-refractivity contribution in [2.75, 3.05) is 7.11 Å². The molecule has 1 unspecified atom stereocenters. The van der Waals surface area contributed by atoms with Crippen LogP contribution in [0.25, 0.3) is 0 Å². The van der Waals surface area contributed by atoms with Crippen LogP contribution in [0.5, 0.6) is 5.75 Å². The first-order valence-corrected chi connectivity index (χ1v) is 5.53. The van der Waals surface area contributed by atoms with Crippen molar-refractivity contribution in [1.82, 2.24) is 4.98 Å². The lowest BCUT2D eigenvalue weighted by Gasteiger charge is -2.15. The maximum atomic E-state index is 6.25. The summed E-state index contributed by atoms with van der Waals surface area (Å²) in [6.45, 7) is 1.97. The number of benzene rings is 1. The predicted molar refractivity (Wildman–Crippen MR) is 68.0 cm³/mol. The molecule has 3 nitrogen and oxygen atoms in total. The molecule has 1 heterocycles. The number of methoxy groups -OCH3 is 1. The Balaban J connectivity index is 2.37. The van der Waals surface area contributed by atoms with Crippen molar-refractivity contribution in [3.63, 3.8) is 0 Å². The lowest BCUT2D eigenvalue weighted by atomic mass is 9.98. The fourth-order valence-corrected chi connectivity index (χ4v) is 1.84. The SMILES string of the molecule is COc1cccc(C(N)c2cccnc2C)c1. The summed E-state index contributed by atoms with van der Waals surface area (Å²) < 4.78 is 5.20. The summed E-state index contributed by atoms with van der Waals surface area (Å²) in [5, 5.41) is 0. The summed E-state index contributed by atoms with van der Waals surface area (Å²) in [6, 6.07) is 11.6. The predicted octanol–water partition coefficient (Wildman–Crippen LogP) is 2.45. The fourth-order valence-electron chi connectivity index (χ4n) is 1.84. The number of hydrogen-bond donors (Lipinski definition) is 1. The second-order valence-electron chi connectivity index (χ2n) is 3.93. The molecule has 17 heavy (non-hydrogen) atoms. The Morgan fingerprint density at radius 3 is 2.76 bits per heavy atom. The standard InChI is InChI=1S/C14H16N2O/c1-10-13(7-4-8-16-10)14(15)11-5-3-6-12(9-11)17-2/h3-9,14H,15H2,1-2H3. The molecule has 88 valence electrons. The van der Waals surface area contributed by atoms with E-state index < -0.39 is 0 Å². The van der Waals surface area contributed by atoms with Crippen LogP contribution in [0, 0.1) is 6.92 Å². The highest BCUT2D eigenvalue weighted by atomic mass is 16.5. The van der Waals surface area contributed by atoms with Gasteiger partial charge >= 0.3 is 0 Å². The Bertz CT molecular complexity index is 511. The van der Waals surface area contributed by atoms with Crippen LogP contribution < -0.4 is 10.5 Å². The monoisotopic (exact) mass is 228 g/mol. The zero-order valence-electron chi connectivity index (χ0n) is 10.1. The maximum Gasteiger partial charge on any atom is 0.119 e. The lowest BCUT2D eigenvalue weighted by molar-refractivity contribution is 0.414. The molecule has 0 saturated heterocycles. The molecule has 0 aliphatic rings. The summed E-state index contributed by atoms with van der Waals surface area (Å²) >= 11 is 0. The van der Waals surface area contributed by atoms with Gasteiger partial charge in [0.25, 0.3) is 0 Å². The zero-order valence-corrected chi connectivity index (χ0v) is 10.1. The topological polar surface area (TPSA) is 48.1 Å². The first-order valence-electron chi connectivity index (χ1n) is 5.53. The Hall–Kier alpha value is -1.87. The van der Waals surface area contributed by atoms with Gasteiger partial charge < -0.3 is 10.5 Å². The van der Waals surface area contributed by atoms with E-state index in [4.69, 9.17) is 10.5 Å². The summed E-state index contributed by atoms with van der Waals surface area (Å²) in [7, 11) is 1.65. The van der Waals surface area contributed by atoms with Crippen molar-refractivity contribution < 1.29 is 4.74 Å². The van der Waals surface area contributed by atoms with Crippen LogP contribution in [-0.4, -0.2) is 12.1 Å². The summed E-state index contributed by atoms with van der Waals surface area (Å²) in [6.07, 6.45) is 1.77. The molecule has 1 atom stereocenters. The molecule has 2 N–H and O–H groups in total. The number of nitrogens with two attached hydrogens (primary N) is 1. The van der Waals surface area contributed by atoms with Gasteiger partial charge in [0, 0.05) is 11.9 Å². The van der Waals surface area contributed by atoms with E-state index in [-0.39, 0.29) is 6.04 Å². The molecule has 0 saturated carbocycles. The summed E-state index contributed by atoms with van der Waals surface area (Å²) in [4.78, 5) is 4.26. The van der Waals surface area contributed by atoms with Crippen molar-refractivity contribution in [2.45, 2.75) is 13.0 Å². The van der Waals surface area contributed by atoms with Gasteiger partial charge in [-0.05, 0) is 36.2 Å². The van der Waals surface area contributed by atoms with Gasteiger partial charge in [0.1, 0.15) is 5.75 Å². The molecule has 0 aliphatic carbocycles. The van der Waals surface area contributed by atoms with E-state index in [0.29, 0.717) is 0 Å². The van der Waals surface area contributed by atoms with E-state index in [9.17, 15) is 0 Å². The van der Waals surface area contributed by atoms with E-state index in [1.165, 1.54) is 0 Å². The number of nitrogens with zero attached hydrogens (tertiary/aromatic N) is 1. The number of aromatic nitrogens is 1. The molecule has 0 radical (unpaired) electrons. The Morgan fingerprint density at radius 2 is 2.06 bits per heavy atom. The number of pyridine rings is 1. The molecule has 1 aromatic heterocycles. The van der Waals surface area contributed by atoms with Crippen molar-refractivity contribution in [2.24, 2.45) is 5.73 Å². The third-order valence-corrected chi connectivity index (χ3v) is 2.84. The molecule has 2 aromatic rings. The van der Waals surface area contributed by atoms with E-state index in [2.05, 4.69) is 4.98 Å². The molecule has 0 spiro atoms. The van der Waals surface area contributed by atoms with Crippen LogP contribution in [0.4, 0.5) is 0 Å². The van der Waals surface area contributed by atoms with Crippen molar-refractivity contribution in [3.8, 4) is 5.75 Å². The van der Waals surface area contributed by atoms with E-state index >= 15 is 0 Å². The highest BCUT2D eigenvalue weighted by Crippen LogP contribution is 2.24. The lowest BCUT2D eigenvalue weighted by Crippen LogP contribution is -2.13. The van der Waals surface area contributed by atoms with Crippen LogP contribution >= 0.6 is 0 Å². The molecule has 1 aromatic carbocycles.